The normalized spacial score (nSPS) is 33.6. The van der Waals surface area contributed by atoms with Crippen molar-refractivity contribution in [2.75, 3.05) is 5.75 Å². The molecule has 1 fully saturated rings. The summed E-state index contributed by atoms with van der Waals surface area (Å²) in [6.07, 6.45) is 4.16. The minimum absolute atomic E-state index is 0.0914. The Morgan fingerprint density at radius 1 is 1.33 bits per heavy atom. The van der Waals surface area contributed by atoms with Crippen molar-refractivity contribution >= 4 is 9.84 Å². The van der Waals surface area contributed by atoms with E-state index in [9.17, 15) is 8.42 Å². The van der Waals surface area contributed by atoms with Crippen LogP contribution in [0.3, 0.4) is 0 Å². The molecule has 2 aliphatic rings. The van der Waals surface area contributed by atoms with Gasteiger partial charge in [-0.15, -0.1) is 0 Å². The van der Waals surface area contributed by atoms with Crippen LogP contribution >= 0.6 is 0 Å². The highest BCUT2D eigenvalue weighted by Gasteiger charge is 2.37. The first-order valence-corrected chi connectivity index (χ1v) is 6.23. The van der Waals surface area contributed by atoms with Gasteiger partial charge in [0.25, 0.3) is 0 Å². The molecule has 1 aliphatic heterocycles. The first-order chi connectivity index (χ1) is 5.61. The zero-order valence-corrected chi connectivity index (χ0v) is 8.15. The summed E-state index contributed by atoms with van der Waals surface area (Å²) < 4.78 is 23.1. The Morgan fingerprint density at radius 3 is 2.75 bits per heavy atom. The van der Waals surface area contributed by atoms with Gasteiger partial charge in [0.15, 0.2) is 9.84 Å². The minimum atomic E-state index is -2.77. The van der Waals surface area contributed by atoms with Crippen molar-refractivity contribution in [1.82, 2.24) is 0 Å². The van der Waals surface area contributed by atoms with Gasteiger partial charge in [-0.1, -0.05) is 17.6 Å². The molecule has 0 N–H and O–H groups in total. The van der Waals surface area contributed by atoms with Crippen LogP contribution in [0.15, 0.2) is 11.1 Å². The van der Waals surface area contributed by atoms with Gasteiger partial charge in [0.05, 0.1) is 11.0 Å². The Balaban J connectivity index is 2.40. The quantitative estimate of drug-likeness (QED) is 0.539. The van der Waals surface area contributed by atoms with Crippen LogP contribution in [0.2, 0.25) is 0 Å². The summed E-state index contributed by atoms with van der Waals surface area (Å²) in [6.45, 7) is 1.97. The van der Waals surface area contributed by atoms with Crippen LogP contribution in [-0.4, -0.2) is 19.4 Å². The standard InChI is InChI=1S/C9H14O2S/c1-7-6-12(10,11)9-5-3-2-4-8(7)9/h9H,2-6H2,1H3/t9-/m0/s1. The second kappa shape index (κ2) is 2.59. The van der Waals surface area contributed by atoms with Crippen molar-refractivity contribution in [3.8, 4) is 0 Å². The van der Waals surface area contributed by atoms with Gasteiger partial charge < -0.3 is 0 Å². The molecular weight excluding hydrogens is 172 g/mol. The molecule has 1 heterocycles. The van der Waals surface area contributed by atoms with E-state index in [0.717, 1.165) is 24.8 Å². The van der Waals surface area contributed by atoms with Gasteiger partial charge in [-0.3, -0.25) is 0 Å². The van der Waals surface area contributed by atoms with E-state index in [-0.39, 0.29) is 5.25 Å². The van der Waals surface area contributed by atoms with E-state index < -0.39 is 9.84 Å². The molecule has 0 aromatic heterocycles. The first kappa shape index (κ1) is 8.30. The summed E-state index contributed by atoms with van der Waals surface area (Å²) in [5, 5.41) is -0.0914. The fraction of sp³-hybridized carbons (Fsp3) is 0.778. The molecule has 12 heavy (non-hydrogen) atoms. The van der Waals surface area contributed by atoms with Crippen LogP contribution < -0.4 is 0 Å². The zero-order valence-electron chi connectivity index (χ0n) is 7.34. The van der Waals surface area contributed by atoms with Crippen molar-refractivity contribution in [2.45, 2.75) is 37.9 Å². The molecule has 2 nitrogen and oxygen atoms in total. The van der Waals surface area contributed by atoms with Crippen molar-refractivity contribution in [1.29, 1.82) is 0 Å². The third kappa shape index (κ3) is 1.11. The second-order valence-corrected chi connectivity index (χ2v) is 6.03. The molecule has 1 atom stereocenters. The third-order valence-corrected chi connectivity index (χ3v) is 5.17. The molecule has 0 radical (unpaired) electrons. The molecule has 1 aliphatic carbocycles. The number of hydrogen-bond donors (Lipinski definition) is 0. The topological polar surface area (TPSA) is 34.1 Å². The lowest BCUT2D eigenvalue weighted by molar-refractivity contribution is 0.556. The van der Waals surface area contributed by atoms with Gasteiger partial charge in [-0.05, 0) is 26.2 Å². The smallest absolute Gasteiger partial charge is 0.160 e. The van der Waals surface area contributed by atoms with E-state index in [1.165, 1.54) is 12.0 Å². The molecule has 1 saturated carbocycles. The fourth-order valence-electron chi connectivity index (χ4n) is 2.36. The van der Waals surface area contributed by atoms with Gasteiger partial charge in [-0.25, -0.2) is 8.42 Å². The fourth-order valence-corrected chi connectivity index (χ4v) is 4.63. The number of rotatable bonds is 0. The molecule has 0 bridgehead atoms. The number of sulfone groups is 1. The highest BCUT2D eigenvalue weighted by molar-refractivity contribution is 7.92. The van der Waals surface area contributed by atoms with Crippen molar-refractivity contribution < 1.29 is 8.42 Å². The average molecular weight is 186 g/mol. The zero-order chi connectivity index (χ0) is 8.77. The van der Waals surface area contributed by atoms with Gasteiger partial charge in [0.2, 0.25) is 0 Å². The molecule has 68 valence electrons. The summed E-state index contributed by atoms with van der Waals surface area (Å²) in [5.41, 5.74) is 2.36. The first-order valence-electron chi connectivity index (χ1n) is 4.51. The highest BCUT2D eigenvalue weighted by atomic mass is 32.2. The predicted octanol–water partition coefficient (Wildman–Crippen LogP) is 1.67. The Morgan fingerprint density at radius 2 is 2.08 bits per heavy atom. The molecular formula is C9H14O2S. The van der Waals surface area contributed by atoms with Crippen LogP contribution in [0.4, 0.5) is 0 Å². The van der Waals surface area contributed by atoms with Crippen LogP contribution in [0.1, 0.15) is 32.6 Å². The maximum atomic E-state index is 11.6. The SMILES string of the molecule is CC1=C2CCCC[C@@H]2S(=O)(=O)C1. The molecule has 0 saturated heterocycles. The van der Waals surface area contributed by atoms with Crippen LogP contribution in [0.5, 0.6) is 0 Å². The van der Waals surface area contributed by atoms with E-state index >= 15 is 0 Å². The average Bonchev–Trinajstić information content (AvgIpc) is 2.25. The van der Waals surface area contributed by atoms with Gasteiger partial charge in [0.1, 0.15) is 0 Å². The highest BCUT2D eigenvalue weighted by Crippen LogP contribution is 2.37. The van der Waals surface area contributed by atoms with Gasteiger partial charge in [0, 0.05) is 0 Å². The molecule has 0 amide bonds. The molecule has 2 rings (SSSR count). The molecule has 0 aromatic rings. The lowest BCUT2D eigenvalue weighted by atomic mass is 9.92. The van der Waals surface area contributed by atoms with Crippen molar-refractivity contribution in [3.63, 3.8) is 0 Å². The van der Waals surface area contributed by atoms with Crippen LogP contribution in [0.25, 0.3) is 0 Å². The predicted molar refractivity (Wildman–Crippen MR) is 48.7 cm³/mol. The molecule has 0 spiro atoms. The summed E-state index contributed by atoms with van der Waals surface area (Å²) in [5.74, 6) is 0.326. The Labute approximate surface area is 73.6 Å². The largest absolute Gasteiger partial charge is 0.228 e. The maximum Gasteiger partial charge on any atom is 0.160 e. The van der Waals surface area contributed by atoms with E-state index in [2.05, 4.69) is 0 Å². The van der Waals surface area contributed by atoms with E-state index in [4.69, 9.17) is 0 Å². The second-order valence-electron chi connectivity index (χ2n) is 3.85. The van der Waals surface area contributed by atoms with E-state index in [1.807, 2.05) is 6.92 Å². The van der Waals surface area contributed by atoms with Crippen LogP contribution in [-0.2, 0) is 9.84 Å². The summed E-state index contributed by atoms with van der Waals surface area (Å²) >= 11 is 0. The van der Waals surface area contributed by atoms with Crippen molar-refractivity contribution in [2.24, 2.45) is 0 Å². The Hall–Kier alpha value is -0.310. The minimum Gasteiger partial charge on any atom is -0.228 e. The molecule has 0 aromatic carbocycles. The maximum absolute atomic E-state index is 11.6. The summed E-state index contributed by atoms with van der Waals surface area (Å²) in [4.78, 5) is 0. The lowest BCUT2D eigenvalue weighted by Gasteiger charge is -2.19. The van der Waals surface area contributed by atoms with E-state index in [0.29, 0.717) is 5.75 Å². The number of hydrogen-bond acceptors (Lipinski definition) is 2. The molecule has 0 unspecified atom stereocenters. The van der Waals surface area contributed by atoms with Gasteiger partial charge >= 0.3 is 0 Å². The van der Waals surface area contributed by atoms with Gasteiger partial charge in [-0.2, -0.15) is 0 Å². The van der Waals surface area contributed by atoms with Crippen LogP contribution in [0, 0.1) is 0 Å². The van der Waals surface area contributed by atoms with Crippen molar-refractivity contribution in [3.05, 3.63) is 11.1 Å². The molecule has 3 heteroatoms. The third-order valence-electron chi connectivity index (χ3n) is 2.95. The lowest BCUT2D eigenvalue weighted by Crippen LogP contribution is -2.22. The Bertz CT molecular complexity index is 324. The van der Waals surface area contributed by atoms with E-state index in [1.54, 1.807) is 0 Å². The summed E-state index contributed by atoms with van der Waals surface area (Å²) in [7, 11) is -2.77. The Kier molecular flexibility index (Phi) is 1.79. The summed E-state index contributed by atoms with van der Waals surface area (Å²) in [6, 6.07) is 0. The number of fused-ring (bicyclic) bond motifs is 1. The monoisotopic (exact) mass is 186 g/mol.